The lowest BCUT2D eigenvalue weighted by Crippen LogP contribution is -2.15. The van der Waals surface area contributed by atoms with Crippen molar-refractivity contribution in [1.29, 1.82) is 0 Å². The summed E-state index contributed by atoms with van der Waals surface area (Å²) in [6.45, 7) is 2.01. The van der Waals surface area contributed by atoms with Crippen molar-refractivity contribution in [2.45, 2.75) is 13.3 Å². The molecule has 1 heterocycles. The molecule has 0 saturated heterocycles. The normalized spacial score (nSPS) is 10.8. The van der Waals surface area contributed by atoms with E-state index in [1.54, 1.807) is 0 Å². The van der Waals surface area contributed by atoms with Gasteiger partial charge in [-0.15, -0.1) is 0 Å². The minimum atomic E-state index is -0.0472. The number of aryl methyl sites for hydroxylation is 1. The van der Waals surface area contributed by atoms with Gasteiger partial charge in [-0.05, 0) is 48.4 Å². The predicted octanol–water partition coefficient (Wildman–Crippen LogP) is 4.98. The van der Waals surface area contributed by atoms with Crippen LogP contribution in [0, 0.1) is 6.92 Å². The van der Waals surface area contributed by atoms with E-state index < -0.39 is 0 Å². The number of rotatable bonds is 4. The molecule has 0 aliphatic heterocycles. The molecule has 0 spiro atoms. The maximum Gasteiger partial charge on any atom is 0.228 e. The summed E-state index contributed by atoms with van der Waals surface area (Å²) in [5.74, 6) is 0.496. The third-order valence-electron chi connectivity index (χ3n) is 4.30. The maximum atomic E-state index is 12.4. The number of amides is 1. The second kappa shape index (κ2) is 6.84. The van der Waals surface area contributed by atoms with Crippen LogP contribution in [0.3, 0.4) is 0 Å². The molecule has 4 aromatic rings. The van der Waals surface area contributed by atoms with E-state index in [0.717, 1.165) is 33.5 Å². The summed E-state index contributed by atoms with van der Waals surface area (Å²) < 4.78 is 5.80. The second-order valence-corrected chi connectivity index (χ2v) is 6.22. The first kappa shape index (κ1) is 16.1. The molecule has 1 aromatic heterocycles. The number of hydrogen-bond donors (Lipinski definition) is 1. The molecule has 128 valence electrons. The van der Waals surface area contributed by atoms with Crippen molar-refractivity contribution >= 4 is 22.7 Å². The Kier molecular flexibility index (Phi) is 4.23. The van der Waals surface area contributed by atoms with Crippen molar-refractivity contribution in [1.82, 2.24) is 4.98 Å². The summed E-state index contributed by atoms with van der Waals surface area (Å²) in [5.41, 5.74) is 5.26. The smallest absolute Gasteiger partial charge is 0.228 e. The lowest BCUT2D eigenvalue weighted by molar-refractivity contribution is -0.115. The highest BCUT2D eigenvalue weighted by atomic mass is 16.3. The first-order valence-corrected chi connectivity index (χ1v) is 8.49. The van der Waals surface area contributed by atoms with Crippen molar-refractivity contribution in [2.24, 2.45) is 0 Å². The van der Waals surface area contributed by atoms with E-state index in [1.807, 2.05) is 79.7 Å². The van der Waals surface area contributed by atoms with E-state index in [-0.39, 0.29) is 5.91 Å². The molecule has 4 nitrogen and oxygen atoms in total. The topological polar surface area (TPSA) is 55.1 Å². The monoisotopic (exact) mass is 342 g/mol. The summed E-state index contributed by atoms with van der Waals surface area (Å²) in [6.07, 6.45) is 0.347. The molecule has 0 atom stereocenters. The van der Waals surface area contributed by atoms with Gasteiger partial charge in [0, 0.05) is 11.3 Å². The largest absolute Gasteiger partial charge is 0.436 e. The Bertz CT molecular complexity index is 1050. The fraction of sp³-hybridized carbons (Fsp3) is 0.0909. The number of carbonyl (C=O) groups is 1. The van der Waals surface area contributed by atoms with Crippen LogP contribution in [0.4, 0.5) is 5.69 Å². The summed E-state index contributed by atoms with van der Waals surface area (Å²) in [6, 6.07) is 23.1. The van der Waals surface area contributed by atoms with Crippen LogP contribution in [0.1, 0.15) is 11.1 Å². The number of anilines is 1. The first-order valence-electron chi connectivity index (χ1n) is 8.49. The Labute approximate surface area is 151 Å². The van der Waals surface area contributed by atoms with Gasteiger partial charge >= 0.3 is 0 Å². The number of nitrogens with one attached hydrogen (secondary N) is 1. The molecule has 1 N–H and O–H groups in total. The Morgan fingerprint density at radius 1 is 1.00 bits per heavy atom. The Hall–Kier alpha value is -3.40. The van der Waals surface area contributed by atoms with Gasteiger partial charge in [-0.2, -0.15) is 0 Å². The van der Waals surface area contributed by atoms with Crippen molar-refractivity contribution in [3.63, 3.8) is 0 Å². The molecular formula is C22H18N2O2. The van der Waals surface area contributed by atoms with Crippen LogP contribution in [0.5, 0.6) is 0 Å². The fourth-order valence-electron chi connectivity index (χ4n) is 2.91. The van der Waals surface area contributed by atoms with E-state index in [2.05, 4.69) is 10.3 Å². The standard InChI is InChI=1S/C22H18N2O2/c1-15-7-2-3-8-16(15)14-21(25)23-18-10-6-9-17(13-18)22-24-19-11-4-5-12-20(19)26-22/h2-13H,14H2,1H3,(H,23,25). The lowest BCUT2D eigenvalue weighted by Gasteiger charge is -2.08. The average molecular weight is 342 g/mol. The van der Waals surface area contributed by atoms with E-state index in [0.29, 0.717) is 12.3 Å². The van der Waals surface area contributed by atoms with Crippen molar-refractivity contribution < 1.29 is 9.21 Å². The molecule has 0 aliphatic rings. The molecule has 0 saturated carbocycles. The average Bonchev–Trinajstić information content (AvgIpc) is 3.08. The van der Waals surface area contributed by atoms with E-state index in [9.17, 15) is 4.79 Å². The lowest BCUT2D eigenvalue weighted by atomic mass is 10.1. The quantitative estimate of drug-likeness (QED) is 0.569. The molecule has 0 bridgehead atoms. The number of carbonyl (C=O) groups excluding carboxylic acids is 1. The minimum absolute atomic E-state index is 0.0472. The zero-order valence-corrected chi connectivity index (χ0v) is 14.4. The van der Waals surface area contributed by atoms with Crippen LogP contribution < -0.4 is 5.32 Å². The number of para-hydroxylation sites is 2. The van der Waals surface area contributed by atoms with Crippen molar-refractivity contribution in [2.75, 3.05) is 5.32 Å². The fourth-order valence-corrected chi connectivity index (χ4v) is 2.91. The number of fused-ring (bicyclic) bond motifs is 1. The zero-order valence-electron chi connectivity index (χ0n) is 14.4. The molecule has 0 radical (unpaired) electrons. The Morgan fingerprint density at radius 3 is 2.65 bits per heavy atom. The van der Waals surface area contributed by atoms with Crippen LogP contribution in [-0.2, 0) is 11.2 Å². The summed E-state index contributed by atoms with van der Waals surface area (Å²) in [7, 11) is 0. The third-order valence-corrected chi connectivity index (χ3v) is 4.30. The second-order valence-electron chi connectivity index (χ2n) is 6.22. The van der Waals surface area contributed by atoms with Crippen molar-refractivity contribution in [3.8, 4) is 11.5 Å². The van der Waals surface area contributed by atoms with Crippen LogP contribution in [-0.4, -0.2) is 10.9 Å². The minimum Gasteiger partial charge on any atom is -0.436 e. The van der Waals surface area contributed by atoms with E-state index >= 15 is 0 Å². The predicted molar refractivity (Wildman–Crippen MR) is 103 cm³/mol. The van der Waals surface area contributed by atoms with Gasteiger partial charge in [0.15, 0.2) is 5.58 Å². The molecule has 26 heavy (non-hydrogen) atoms. The summed E-state index contributed by atoms with van der Waals surface area (Å²) in [4.78, 5) is 16.9. The molecule has 0 fully saturated rings. The SMILES string of the molecule is Cc1ccccc1CC(=O)Nc1cccc(-c2nc3ccccc3o2)c1. The van der Waals surface area contributed by atoms with E-state index in [1.165, 1.54) is 0 Å². The van der Waals surface area contributed by atoms with Gasteiger partial charge in [0.05, 0.1) is 6.42 Å². The van der Waals surface area contributed by atoms with Gasteiger partial charge in [-0.1, -0.05) is 42.5 Å². The van der Waals surface area contributed by atoms with Gasteiger partial charge in [0.25, 0.3) is 0 Å². The van der Waals surface area contributed by atoms with Gasteiger partial charge in [-0.3, -0.25) is 4.79 Å². The number of benzene rings is 3. The van der Waals surface area contributed by atoms with Gasteiger partial charge in [0.2, 0.25) is 11.8 Å². The number of oxazole rings is 1. The van der Waals surface area contributed by atoms with Crippen molar-refractivity contribution in [3.05, 3.63) is 83.9 Å². The van der Waals surface area contributed by atoms with Crippen LogP contribution >= 0.6 is 0 Å². The van der Waals surface area contributed by atoms with Gasteiger partial charge < -0.3 is 9.73 Å². The molecule has 1 amide bonds. The highest BCUT2D eigenvalue weighted by Crippen LogP contribution is 2.26. The molecule has 3 aromatic carbocycles. The third kappa shape index (κ3) is 3.35. The van der Waals surface area contributed by atoms with Gasteiger partial charge in [0.1, 0.15) is 5.52 Å². The van der Waals surface area contributed by atoms with Gasteiger partial charge in [-0.25, -0.2) is 4.98 Å². The highest BCUT2D eigenvalue weighted by molar-refractivity contribution is 5.93. The summed E-state index contributed by atoms with van der Waals surface area (Å²) in [5, 5.41) is 2.95. The molecule has 4 rings (SSSR count). The van der Waals surface area contributed by atoms with E-state index in [4.69, 9.17) is 4.42 Å². The Morgan fingerprint density at radius 2 is 1.81 bits per heavy atom. The number of aromatic nitrogens is 1. The Balaban J connectivity index is 1.54. The molecular weight excluding hydrogens is 324 g/mol. The maximum absolute atomic E-state index is 12.4. The molecule has 4 heteroatoms. The zero-order chi connectivity index (χ0) is 17.9. The number of nitrogens with zero attached hydrogens (tertiary/aromatic N) is 1. The van der Waals surface area contributed by atoms with Crippen LogP contribution in [0.2, 0.25) is 0 Å². The number of hydrogen-bond acceptors (Lipinski definition) is 3. The molecule has 0 aliphatic carbocycles. The van der Waals surface area contributed by atoms with Crippen LogP contribution in [0.15, 0.2) is 77.2 Å². The first-order chi connectivity index (χ1) is 12.7. The highest BCUT2D eigenvalue weighted by Gasteiger charge is 2.10. The summed E-state index contributed by atoms with van der Waals surface area (Å²) >= 11 is 0. The molecule has 0 unspecified atom stereocenters. The van der Waals surface area contributed by atoms with Crippen LogP contribution in [0.25, 0.3) is 22.6 Å².